The van der Waals surface area contributed by atoms with Gasteiger partial charge in [0.05, 0.1) is 17.4 Å². The Hall–Kier alpha value is -1.45. The second-order valence-electron chi connectivity index (χ2n) is 7.63. The van der Waals surface area contributed by atoms with E-state index in [9.17, 15) is 8.42 Å². The second kappa shape index (κ2) is 8.70. The van der Waals surface area contributed by atoms with Gasteiger partial charge in [-0.2, -0.15) is 0 Å². The molecule has 8 nitrogen and oxygen atoms in total. The number of sulfonamides is 1. The molecule has 2 aliphatic rings. The van der Waals surface area contributed by atoms with Gasteiger partial charge in [-0.15, -0.1) is 0 Å². The summed E-state index contributed by atoms with van der Waals surface area (Å²) in [6.07, 6.45) is 4.40. The number of nitrogens with one attached hydrogen (secondary N) is 2. The van der Waals surface area contributed by atoms with Gasteiger partial charge in [0.2, 0.25) is 10.0 Å². The van der Waals surface area contributed by atoms with Crippen LogP contribution in [0.2, 0.25) is 0 Å². The molecule has 27 heavy (non-hydrogen) atoms. The zero-order valence-electron chi connectivity index (χ0n) is 16.4. The maximum atomic E-state index is 12.2. The number of aromatic nitrogens is 2. The molecule has 0 aliphatic carbocycles. The Bertz CT molecular complexity index is 727. The summed E-state index contributed by atoms with van der Waals surface area (Å²) in [7, 11) is -3.27. The van der Waals surface area contributed by atoms with Gasteiger partial charge < -0.3 is 15.0 Å². The van der Waals surface area contributed by atoms with E-state index in [0.29, 0.717) is 32.0 Å². The number of ether oxygens (including phenoxy) is 1. The normalized spacial score (nSPS) is 26.5. The molecule has 152 valence electrons. The molecule has 2 saturated heterocycles. The smallest absolute Gasteiger partial charge is 0.216 e. The van der Waals surface area contributed by atoms with Gasteiger partial charge in [0.15, 0.2) is 0 Å². The van der Waals surface area contributed by atoms with Crippen LogP contribution in [0.5, 0.6) is 0 Å². The van der Waals surface area contributed by atoms with Gasteiger partial charge in [-0.1, -0.05) is 20.8 Å². The summed E-state index contributed by atoms with van der Waals surface area (Å²) in [6.45, 7) is 8.49. The molecule has 3 heterocycles. The first kappa shape index (κ1) is 20.3. The fraction of sp³-hybridized carbons (Fsp3) is 0.778. The van der Waals surface area contributed by atoms with E-state index in [1.54, 1.807) is 6.92 Å². The molecule has 0 unspecified atom stereocenters. The highest BCUT2D eigenvalue weighted by Crippen LogP contribution is 2.26. The molecule has 0 saturated carbocycles. The van der Waals surface area contributed by atoms with Crippen LogP contribution >= 0.6 is 0 Å². The summed E-state index contributed by atoms with van der Waals surface area (Å²) in [6, 6.07) is 2.13. The maximum Gasteiger partial charge on any atom is 0.216 e. The number of hydrogen-bond acceptors (Lipinski definition) is 7. The van der Waals surface area contributed by atoms with Crippen LogP contribution in [0.25, 0.3) is 0 Å². The van der Waals surface area contributed by atoms with E-state index in [1.165, 1.54) is 6.33 Å². The molecule has 2 N–H and O–H groups in total. The third kappa shape index (κ3) is 4.89. The van der Waals surface area contributed by atoms with E-state index in [4.69, 9.17) is 4.74 Å². The molecular weight excluding hydrogens is 366 g/mol. The predicted molar refractivity (Wildman–Crippen MR) is 106 cm³/mol. The maximum absolute atomic E-state index is 12.2. The standard InChI is InChI=1S/C18H31N5O3S/c1-4-21-27(24,25)14-7-8-23(11-14)17-10-16(19-12-20-17)22-15-6-5-9-26-18(15)13(2)3/h10,12-15,18,21H,4-9,11H2,1-3H3,(H,19,20,22)/t14-,15+,18+/m1/s1. The van der Waals surface area contributed by atoms with Crippen LogP contribution in [-0.2, 0) is 14.8 Å². The van der Waals surface area contributed by atoms with Crippen LogP contribution in [0.1, 0.15) is 40.0 Å². The molecule has 1 aromatic heterocycles. The van der Waals surface area contributed by atoms with Crippen molar-refractivity contribution in [3.8, 4) is 0 Å². The minimum Gasteiger partial charge on any atom is -0.376 e. The minimum atomic E-state index is -3.27. The molecule has 3 rings (SSSR count). The van der Waals surface area contributed by atoms with Gasteiger partial charge in [-0.05, 0) is 25.2 Å². The molecule has 2 fully saturated rings. The van der Waals surface area contributed by atoms with Crippen LogP contribution in [0.4, 0.5) is 11.6 Å². The summed E-state index contributed by atoms with van der Waals surface area (Å²) in [5.74, 6) is 1.96. The lowest BCUT2D eigenvalue weighted by molar-refractivity contribution is -0.0203. The zero-order chi connectivity index (χ0) is 19.4. The number of anilines is 2. The fourth-order valence-corrected chi connectivity index (χ4v) is 5.34. The Morgan fingerprint density at radius 1 is 1.33 bits per heavy atom. The van der Waals surface area contributed by atoms with Crippen molar-refractivity contribution >= 4 is 21.7 Å². The topological polar surface area (TPSA) is 96.5 Å². The van der Waals surface area contributed by atoms with Gasteiger partial charge in [-0.3, -0.25) is 0 Å². The van der Waals surface area contributed by atoms with Crippen molar-refractivity contribution in [2.75, 3.05) is 36.5 Å². The van der Waals surface area contributed by atoms with E-state index >= 15 is 0 Å². The molecule has 0 amide bonds. The van der Waals surface area contributed by atoms with Crippen LogP contribution in [0, 0.1) is 5.92 Å². The van der Waals surface area contributed by atoms with E-state index in [0.717, 1.165) is 31.1 Å². The lowest BCUT2D eigenvalue weighted by Gasteiger charge is -2.35. The summed E-state index contributed by atoms with van der Waals surface area (Å²) >= 11 is 0. The Labute approximate surface area is 162 Å². The third-order valence-electron chi connectivity index (χ3n) is 5.26. The van der Waals surface area contributed by atoms with Crippen LogP contribution < -0.4 is 14.9 Å². The zero-order valence-corrected chi connectivity index (χ0v) is 17.2. The first-order valence-corrected chi connectivity index (χ1v) is 11.4. The minimum absolute atomic E-state index is 0.165. The van der Waals surface area contributed by atoms with E-state index < -0.39 is 15.3 Å². The summed E-state index contributed by atoms with van der Waals surface area (Å²) < 4.78 is 33.0. The van der Waals surface area contributed by atoms with Crippen molar-refractivity contribution in [2.45, 2.75) is 57.4 Å². The van der Waals surface area contributed by atoms with Crippen LogP contribution in [-0.4, -0.2) is 62.0 Å². The van der Waals surface area contributed by atoms with Crippen LogP contribution in [0.3, 0.4) is 0 Å². The van der Waals surface area contributed by atoms with Crippen molar-refractivity contribution in [2.24, 2.45) is 5.92 Å². The quantitative estimate of drug-likeness (QED) is 0.721. The van der Waals surface area contributed by atoms with E-state index in [-0.39, 0.29) is 12.1 Å². The lowest BCUT2D eigenvalue weighted by atomic mass is 9.94. The molecule has 2 aliphatic heterocycles. The summed E-state index contributed by atoms with van der Waals surface area (Å²) in [4.78, 5) is 10.7. The molecule has 0 aromatic carbocycles. The number of nitrogens with zero attached hydrogens (tertiary/aromatic N) is 3. The molecule has 3 atom stereocenters. The van der Waals surface area contributed by atoms with Crippen molar-refractivity contribution < 1.29 is 13.2 Å². The largest absolute Gasteiger partial charge is 0.376 e. The second-order valence-corrected chi connectivity index (χ2v) is 9.68. The summed E-state index contributed by atoms with van der Waals surface area (Å²) in [5.41, 5.74) is 0. The Balaban J connectivity index is 1.67. The Morgan fingerprint density at radius 3 is 2.89 bits per heavy atom. The number of rotatable bonds is 7. The van der Waals surface area contributed by atoms with Gasteiger partial charge >= 0.3 is 0 Å². The average molecular weight is 398 g/mol. The molecule has 0 bridgehead atoms. The molecular formula is C18H31N5O3S. The summed E-state index contributed by atoms with van der Waals surface area (Å²) in [5, 5.41) is 3.10. The van der Waals surface area contributed by atoms with Gasteiger partial charge in [0, 0.05) is 32.3 Å². The first-order chi connectivity index (χ1) is 12.9. The van der Waals surface area contributed by atoms with Crippen molar-refractivity contribution in [1.82, 2.24) is 14.7 Å². The first-order valence-electron chi connectivity index (χ1n) is 9.84. The highest BCUT2D eigenvalue weighted by atomic mass is 32.2. The lowest BCUT2D eigenvalue weighted by Crippen LogP contribution is -2.43. The van der Waals surface area contributed by atoms with E-state index in [1.807, 2.05) is 11.0 Å². The average Bonchev–Trinajstić information content (AvgIpc) is 3.13. The van der Waals surface area contributed by atoms with Gasteiger partial charge in [0.25, 0.3) is 0 Å². The number of hydrogen-bond donors (Lipinski definition) is 2. The van der Waals surface area contributed by atoms with Crippen molar-refractivity contribution in [1.29, 1.82) is 0 Å². The van der Waals surface area contributed by atoms with E-state index in [2.05, 4.69) is 33.9 Å². The highest BCUT2D eigenvalue weighted by Gasteiger charge is 2.33. The highest BCUT2D eigenvalue weighted by molar-refractivity contribution is 7.90. The van der Waals surface area contributed by atoms with Crippen molar-refractivity contribution in [3.63, 3.8) is 0 Å². The van der Waals surface area contributed by atoms with Gasteiger partial charge in [-0.25, -0.2) is 23.1 Å². The molecule has 1 aromatic rings. The molecule has 0 spiro atoms. The van der Waals surface area contributed by atoms with Gasteiger partial charge in [0.1, 0.15) is 18.0 Å². The van der Waals surface area contributed by atoms with Crippen molar-refractivity contribution in [3.05, 3.63) is 12.4 Å². The molecule has 0 radical (unpaired) electrons. The molecule has 9 heteroatoms. The monoisotopic (exact) mass is 397 g/mol. The van der Waals surface area contributed by atoms with Crippen LogP contribution in [0.15, 0.2) is 12.4 Å². The predicted octanol–water partition coefficient (Wildman–Crippen LogP) is 1.61. The fourth-order valence-electron chi connectivity index (χ4n) is 3.91. The third-order valence-corrected chi connectivity index (χ3v) is 7.22. The Morgan fingerprint density at radius 2 is 2.15 bits per heavy atom. The SMILES string of the molecule is CCNS(=O)(=O)[C@@H]1CCN(c2cc(N[C@H]3CCCO[C@H]3C(C)C)ncn2)C1. The Kier molecular flexibility index (Phi) is 6.54.